The summed E-state index contributed by atoms with van der Waals surface area (Å²) in [6.45, 7) is 2.65. The number of nitrogen functional groups attached to an aromatic ring is 1. The average molecular weight is 205 g/mol. The van der Waals surface area contributed by atoms with Crippen molar-refractivity contribution >= 4 is 11.6 Å². The molecular weight excluding hydrogens is 199 g/mol. The lowest BCUT2D eigenvalue weighted by Gasteiger charge is -2.07. The van der Waals surface area contributed by atoms with Crippen molar-refractivity contribution in [1.82, 2.24) is 10.2 Å². The Hall–Kier alpha value is -1.79. The fraction of sp³-hybridized carbons (Fsp3) is 0.143. The van der Waals surface area contributed by atoms with Gasteiger partial charge in [0, 0.05) is 0 Å². The molecule has 0 aliphatic heterocycles. The highest BCUT2D eigenvalue weighted by Gasteiger charge is 2.37. The standard InChI is InChI=1S/C7H6F3N3O/c1-3(7(8,9)10)5(14)4-2-12-13-6(4)11/h2H,1H2,(H3,11,12,13). The molecule has 0 amide bonds. The van der Waals surface area contributed by atoms with Gasteiger partial charge in [-0.3, -0.25) is 9.89 Å². The fourth-order valence-corrected chi connectivity index (χ4v) is 0.768. The van der Waals surface area contributed by atoms with Crippen molar-refractivity contribution in [2.45, 2.75) is 6.18 Å². The lowest BCUT2D eigenvalue weighted by atomic mass is 10.1. The maximum Gasteiger partial charge on any atom is 0.419 e. The number of nitrogens with one attached hydrogen (secondary N) is 1. The number of H-pyrrole nitrogens is 1. The van der Waals surface area contributed by atoms with Crippen molar-refractivity contribution in [3.63, 3.8) is 0 Å². The fourth-order valence-electron chi connectivity index (χ4n) is 0.768. The molecule has 1 rings (SSSR count). The Bertz CT molecular complexity index is 380. The first-order chi connectivity index (χ1) is 6.34. The van der Waals surface area contributed by atoms with Crippen LogP contribution < -0.4 is 5.73 Å². The summed E-state index contributed by atoms with van der Waals surface area (Å²) in [5.74, 6) is -1.48. The summed E-state index contributed by atoms with van der Waals surface area (Å²) < 4.78 is 36.1. The van der Waals surface area contributed by atoms with Crippen LogP contribution in [0.2, 0.25) is 0 Å². The Kier molecular flexibility index (Phi) is 2.33. The van der Waals surface area contributed by atoms with Gasteiger partial charge in [-0.15, -0.1) is 0 Å². The zero-order valence-corrected chi connectivity index (χ0v) is 6.85. The predicted molar refractivity (Wildman–Crippen MR) is 42.5 cm³/mol. The number of carbonyl (C=O) groups excluding carboxylic acids is 1. The van der Waals surface area contributed by atoms with E-state index >= 15 is 0 Å². The molecule has 0 saturated carbocycles. The number of ketones is 1. The number of nitrogens with two attached hydrogens (primary N) is 1. The number of anilines is 1. The third-order valence-electron chi connectivity index (χ3n) is 1.53. The van der Waals surface area contributed by atoms with Crippen molar-refractivity contribution in [1.29, 1.82) is 0 Å². The molecule has 0 unspecified atom stereocenters. The maximum atomic E-state index is 12.0. The SMILES string of the molecule is C=C(C(=O)c1cn[nH]c1N)C(F)(F)F. The molecule has 7 heteroatoms. The smallest absolute Gasteiger partial charge is 0.383 e. The summed E-state index contributed by atoms with van der Waals surface area (Å²) in [4.78, 5) is 11.1. The molecule has 0 spiro atoms. The third kappa shape index (κ3) is 1.76. The van der Waals surface area contributed by atoms with Crippen molar-refractivity contribution in [2.24, 2.45) is 0 Å². The first kappa shape index (κ1) is 10.3. The minimum absolute atomic E-state index is 0.208. The van der Waals surface area contributed by atoms with Gasteiger partial charge >= 0.3 is 6.18 Å². The topological polar surface area (TPSA) is 71.8 Å². The van der Waals surface area contributed by atoms with Crippen LogP contribution in [0.4, 0.5) is 19.0 Å². The molecule has 4 nitrogen and oxygen atoms in total. The molecule has 0 aliphatic rings. The maximum absolute atomic E-state index is 12.0. The first-order valence-electron chi connectivity index (χ1n) is 3.43. The number of hydrogen-bond donors (Lipinski definition) is 2. The number of rotatable bonds is 2. The van der Waals surface area contributed by atoms with Crippen LogP contribution in [-0.2, 0) is 0 Å². The summed E-state index contributed by atoms with van der Waals surface area (Å²) in [6, 6.07) is 0. The molecule has 76 valence electrons. The second-order valence-electron chi connectivity index (χ2n) is 2.50. The monoisotopic (exact) mass is 205 g/mol. The molecule has 0 aliphatic carbocycles. The van der Waals surface area contributed by atoms with E-state index in [1.165, 1.54) is 0 Å². The molecule has 0 aromatic carbocycles. The molecule has 0 saturated heterocycles. The minimum atomic E-state index is -4.75. The Morgan fingerprint density at radius 2 is 2.14 bits per heavy atom. The van der Waals surface area contributed by atoms with E-state index in [-0.39, 0.29) is 11.4 Å². The molecule has 0 bridgehead atoms. The van der Waals surface area contributed by atoms with Gasteiger partial charge in [-0.2, -0.15) is 18.3 Å². The summed E-state index contributed by atoms with van der Waals surface area (Å²) in [5.41, 5.74) is 3.38. The highest BCUT2D eigenvalue weighted by atomic mass is 19.4. The van der Waals surface area contributed by atoms with Gasteiger partial charge in [0.25, 0.3) is 0 Å². The molecule has 0 atom stereocenters. The van der Waals surface area contributed by atoms with E-state index in [1.807, 2.05) is 0 Å². The molecule has 0 radical (unpaired) electrons. The first-order valence-corrected chi connectivity index (χ1v) is 3.43. The van der Waals surface area contributed by atoms with E-state index in [2.05, 4.69) is 16.8 Å². The van der Waals surface area contributed by atoms with E-state index in [4.69, 9.17) is 5.73 Å². The lowest BCUT2D eigenvalue weighted by Crippen LogP contribution is -2.19. The second-order valence-corrected chi connectivity index (χ2v) is 2.50. The molecular formula is C7H6F3N3O. The summed E-state index contributed by atoms with van der Waals surface area (Å²) in [5, 5.41) is 5.48. The van der Waals surface area contributed by atoms with Crippen LogP contribution in [0.15, 0.2) is 18.3 Å². The zero-order valence-electron chi connectivity index (χ0n) is 6.85. The van der Waals surface area contributed by atoms with Gasteiger partial charge in [0.15, 0.2) is 0 Å². The Morgan fingerprint density at radius 1 is 1.57 bits per heavy atom. The number of alkyl halides is 3. The number of nitrogens with zero attached hydrogens (tertiary/aromatic N) is 1. The third-order valence-corrected chi connectivity index (χ3v) is 1.53. The van der Waals surface area contributed by atoms with E-state index in [0.717, 1.165) is 6.20 Å². The number of aromatic nitrogens is 2. The van der Waals surface area contributed by atoms with Crippen molar-refractivity contribution in [3.05, 3.63) is 23.9 Å². The lowest BCUT2D eigenvalue weighted by molar-refractivity contribution is -0.0883. The van der Waals surface area contributed by atoms with Crippen molar-refractivity contribution in [2.75, 3.05) is 5.73 Å². The second kappa shape index (κ2) is 3.17. The Balaban J connectivity index is 2.99. The van der Waals surface area contributed by atoms with Crippen LogP contribution in [0.3, 0.4) is 0 Å². The largest absolute Gasteiger partial charge is 0.419 e. The van der Waals surface area contributed by atoms with Crippen LogP contribution in [-0.4, -0.2) is 22.2 Å². The summed E-state index contributed by atoms with van der Waals surface area (Å²) in [7, 11) is 0. The number of aromatic amines is 1. The van der Waals surface area contributed by atoms with E-state index in [9.17, 15) is 18.0 Å². The number of Topliss-reactive ketones (excluding diaryl/α,β-unsaturated/α-hetero) is 1. The van der Waals surface area contributed by atoms with Gasteiger partial charge < -0.3 is 5.73 Å². The van der Waals surface area contributed by atoms with Crippen molar-refractivity contribution < 1.29 is 18.0 Å². The van der Waals surface area contributed by atoms with Crippen LogP contribution in [0.5, 0.6) is 0 Å². The molecule has 0 fully saturated rings. The van der Waals surface area contributed by atoms with E-state index in [0.29, 0.717) is 0 Å². The van der Waals surface area contributed by atoms with Gasteiger partial charge in [-0.05, 0) is 0 Å². The number of hydrogen-bond acceptors (Lipinski definition) is 3. The molecule has 1 aromatic heterocycles. The summed E-state index contributed by atoms with van der Waals surface area (Å²) in [6.07, 6.45) is -3.82. The molecule has 14 heavy (non-hydrogen) atoms. The van der Waals surface area contributed by atoms with Crippen LogP contribution in [0, 0.1) is 0 Å². The predicted octanol–water partition coefficient (Wildman–Crippen LogP) is 1.29. The van der Waals surface area contributed by atoms with Crippen LogP contribution in [0.25, 0.3) is 0 Å². The normalized spacial score (nSPS) is 11.4. The molecule has 1 aromatic rings. The average Bonchev–Trinajstić information content (AvgIpc) is 2.47. The van der Waals surface area contributed by atoms with Crippen LogP contribution >= 0.6 is 0 Å². The van der Waals surface area contributed by atoms with E-state index in [1.54, 1.807) is 0 Å². The highest BCUT2D eigenvalue weighted by molar-refractivity contribution is 6.11. The van der Waals surface area contributed by atoms with E-state index < -0.39 is 17.5 Å². The van der Waals surface area contributed by atoms with Gasteiger partial charge in [0.1, 0.15) is 5.82 Å². The number of halogens is 3. The Morgan fingerprint density at radius 3 is 2.50 bits per heavy atom. The van der Waals surface area contributed by atoms with Gasteiger partial charge in [0.2, 0.25) is 5.78 Å². The Labute approximate surface area is 76.6 Å². The number of carbonyl (C=O) groups is 1. The van der Waals surface area contributed by atoms with Gasteiger partial charge in [-0.1, -0.05) is 6.58 Å². The number of allylic oxidation sites excluding steroid dienone is 1. The van der Waals surface area contributed by atoms with Crippen LogP contribution in [0.1, 0.15) is 10.4 Å². The van der Waals surface area contributed by atoms with Crippen molar-refractivity contribution in [3.8, 4) is 0 Å². The quantitative estimate of drug-likeness (QED) is 0.564. The van der Waals surface area contributed by atoms with Gasteiger partial charge in [0.05, 0.1) is 17.3 Å². The molecule has 3 N–H and O–H groups in total. The highest BCUT2D eigenvalue weighted by Crippen LogP contribution is 2.27. The zero-order chi connectivity index (χ0) is 10.9. The van der Waals surface area contributed by atoms with Gasteiger partial charge in [-0.25, -0.2) is 0 Å². The molecule has 1 heterocycles. The minimum Gasteiger partial charge on any atom is -0.383 e. The summed E-state index contributed by atoms with van der Waals surface area (Å²) >= 11 is 0.